The van der Waals surface area contributed by atoms with E-state index >= 15 is 0 Å². The van der Waals surface area contributed by atoms with Gasteiger partial charge in [-0.05, 0) is 49.8 Å². The predicted molar refractivity (Wildman–Crippen MR) is 106 cm³/mol. The molecule has 0 aromatic heterocycles. The molecule has 0 bridgehead atoms. The maximum atomic E-state index is 6.11. The largest absolute Gasteiger partial charge is 0.490 e. The van der Waals surface area contributed by atoms with Crippen molar-refractivity contribution in [1.82, 2.24) is 10.2 Å². The van der Waals surface area contributed by atoms with E-state index in [2.05, 4.69) is 39.5 Å². The Balaban J connectivity index is 1.46. The summed E-state index contributed by atoms with van der Waals surface area (Å²) in [6.45, 7) is 3.67. The standard InChI is InChI=1S/C21H33N3O2/c1-22-21(24-13-12-18(15-24)16-25-2)23-14-17-8-10-20(11-9-17)26-19-6-4-3-5-7-19/h8-11,18-19H,3-7,12-16H2,1-2H3,(H,22,23). The van der Waals surface area contributed by atoms with E-state index in [1.807, 2.05) is 7.05 Å². The molecule has 5 heteroatoms. The van der Waals surface area contributed by atoms with Gasteiger partial charge in [0, 0.05) is 39.7 Å². The van der Waals surface area contributed by atoms with Gasteiger partial charge in [-0.25, -0.2) is 0 Å². The molecular formula is C21H33N3O2. The molecule has 2 fully saturated rings. The minimum atomic E-state index is 0.404. The van der Waals surface area contributed by atoms with E-state index < -0.39 is 0 Å². The van der Waals surface area contributed by atoms with Gasteiger partial charge in [0.1, 0.15) is 5.75 Å². The van der Waals surface area contributed by atoms with Gasteiger partial charge in [-0.15, -0.1) is 0 Å². The quantitative estimate of drug-likeness (QED) is 0.624. The molecule has 2 aliphatic rings. The van der Waals surface area contributed by atoms with E-state index in [1.54, 1.807) is 7.11 Å². The van der Waals surface area contributed by atoms with Crippen molar-refractivity contribution < 1.29 is 9.47 Å². The number of nitrogens with one attached hydrogen (secondary N) is 1. The molecule has 1 saturated heterocycles. The molecule has 1 aromatic rings. The van der Waals surface area contributed by atoms with E-state index in [4.69, 9.17) is 9.47 Å². The van der Waals surface area contributed by atoms with Crippen LogP contribution in [0.2, 0.25) is 0 Å². The number of hydrogen-bond acceptors (Lipinski definition) is 3. The molecular weight excluding hydrogens is 326 g/mol. The van der Waals surface area contributed by atoms with Crippen LogP contribution >= 0.6 is 0 Å². The fourth-order valence-electron chi connectivity index (χ4n) is 3.97. The summed E-state index contributed by atoms with van der Waals surface area (Å²) < 4.78 is 11.4. The fraction of sp³-hybridized carbons (Fsp3) is 0.667. The molecule has 1 aromatic carbocycles. The first-order chi connectivity index (χ1) is 12.8. The second-order valence-electron chi connectivity index (χ2n) is 7.48. The summed E-state index contributed by atoms with van der Waals surface area (Å²) in [6, 6.07) is 8.49. The maximum Gasteiger partial charge on any atom is 0.193 e. The summed E-state index contributed by atoms with van der Waals surface area (Å²) in [5, 5.41) is 3.49. The van der Waals surface area contributed by atoms with Crippen LogP contribution in [0.5, 0.6) is 5.75 Å². The summed E-state index contributed by atoms with van der Waals surface area (Å²) in [6.07, 6.45) is 7.92. The molecule has 0 spiro atoms. The fourth-order valence-corrected chi connectivity index (χ4v) is 3.97. The van der Waals surface area contributed by atoms with Gasteiger partial charge in [0.15, 0.2) is 5.96 Å². The number of rotatable bonds is 6. The van der Waals surface area contributed by atoms with Crippen molar-refractivity contribution in [2.75, 3.05) is 33.9 Å². The highest BCUT2D eigenvalue weighted by molar-refractivity contribution is 5.80. The van der Waals surface area contributed by atoms with Crippen molar-refractivity contribution in [2.45, 2.75) is 51.2 Å². The monoisotopic (exact) mass is 359 g/mol. The Kier molecular flexibility index (Phi) is 7.18. The first-order valence-electron chi connectivity index (χ1n) is 9.98. The summed E-state index contributed by atoms with van der Waals surface area (Å²) in [5.74, 6) is 2.58. The zero-order chi connectivity index (χ0) is 18.2. The summed E-state index contributed by atoms with van der Waals surface area (Å²) in [7, 11) is 3.63. The Hall–Kier alpha value is -1.75. The lowest BCUT2D eigenvalue weighted by Gasteiger charge is -2.23. The minimum absolute atomic E-state index is 0.404. The predicted octanol–water partition coefficient (Wildman–Crippen LogP) is 3.44. The highest BCUT2D eigenvalue weighted by Crippen LogP contribution is 2.23. The summed E-state index contributed by atoms with van der Waals surface area (Å²) in [5.41, 5.74) is 1.25. The normalized spacial score (nSPS) is 21.8. The minimum Gasteiger partial charge on any atom is -0.490 e. The van der Waals surface area contributed by atoms with Crippen molar-refractivity contribution in [3.05, 3.63) is 29.8 Å². The molecule has 26 heavy (non-hydrogen) atoms. The number of hydrogen-bond donors (Lipinski definition) is 1. The van der Waals surface area contributed by atoms with Crippen molar-refractivity contribution in [3.8, 4) is 5.75 Å². The molecule has 0 radical (unpaired) electrons. The highest BCUT2D eigenvalue weighted by atomic mass is 16.5. The second-order valence-corrected chi connectivity index (χ2v) is 7.48. The number of ether oxygens (including phenoxy) is 2. The van der Waals surface area contributed by atoms with Crippen LogP contribution in [-0.4, -0.2) is 50.8 Å². The molecule has 5 nitrogen and oxygen atoms in total. The van der Waals surface area contributed by atoms with Crippen LogP contribution in [0.4, 0.5) is 0 Å². The van der Waals surface area contributed by atoms with Crippen molar-refractivity contribution in [2.24, 2.45) is 10.9 Å². The molecule has 1 unspecified atom stereocenters. The lowest BCUT2D eigenvalue weighted by molar-refractivity contribution is 0.155. The van der Waals surface area contributed by atoms with Gasteiger partial charge in [-0.2, -0.15) is 0 Å². The molecule has 1 atom stereocenters. The van der Waals surface area contributed by atoms with Crippen LogP contribution in [0.3, 0.4) is 0 Å². The Labute approximate surface area is 157 Å². The molecule has 1 aliphatic carbocycles. The lowest BCUT2D eigenvalue weighted by atomic mass is 9.98. The Morgan fingerprint density at radius 2 is 1.92 bits per heavy atom. The van der Waals surface area contributed by atoms with Gasteiger partial charge in [-0.1, -0.05) is 18.6 Å². The van der Waals surface area contributed by atoms with E-state index in [9.17, 15) is 0 Å². The molecule has 144 valence electrons. The van der Waals surface area contributed by atoms with Gasteiger partial charge in [-0.3, -0.25) is 4.99 Å². The van der Waals surface area contributed by atoms with E-state index in [-0.39, 0.29) is 0 Å². The average Bonchev–Trinajstić information content (AvgIpc) is 3.13. The van der Waals surface area contributed by atoms with Crippen LogP contribution in [0.1, 0.15) is 44.1 Å². The highest BCUT2D eigenvalue weighted by Gasteiger charge is 2.24. The third-order valence-corrected chi connectivity index (χ3v) is 5.43. The zero-order valence-corrected chi connectivity index (χ0v) is 16.2. The number of guanidine groups is 1. The van der Waals surface area contributed by atoms with Gasteiger partial charge in [0.2, 0.25) is 0 Å². The third kappa shape index (κ3) is 5.37. The molecule has 1 N–H and O–H groups in total. The number of methoxy groups -OCH3 is 1. The maximum absolute atomic E-state index is 6.11. The third-order valence-electron chi connectivity index (χ3n) is 5.43. The summed E-state index contributed by atoms with van der Waals surface area (Å²) >= 11 is 0. The zero-order valence-electron chi connectivity index (χ0n) is 16.2. The first-order valence-corrected chi connectivity index (χ1v) is 9.98. The van der Waals surface area contributed by atoms with E-state index in [0.29, 0.717) is 12.0 Å². The van der Waals surface area contributed by atoms with Crippen LogP contribution in [0.25, 0.3) is 0 Å². The molecule has 3 rings (SSSR count). The van der Waals surface area contributed by atoms with E-state index in [1.165, 1.54) is 44.1 Å². The average molecular weight is 360 g/mol. The Morgan fingerprint density at radius 1 is 1.15 bits per heavy atom. The molecule has 0 amide bonds. The van der Waals surface area contributed by atoms with Gasteiger partial charge >= 0.3 is 0 Å². The number of aliphatic imine (C=N–C) groups is 1. The van der Waals surface area contributed by atoms with Gasteiger partial charge in [0.25, 0.3) is 0 Å². The number of nitrogens with zero attached hydrogens (tertiary/aromatic N) is 2. The number of benzene rings is 1. The smallest absolute Gasteiger partial charge is 0.193 e. The van der Waals surface area contributed by atoms with Crippen LogP contribution in [0, 0.1) is 5.92 Å². The topological polar surface area (TPSA) is 46.1 Å². The second kappa shape index (κ2) is 9.81. The van der Waals surface area contributed by atoms with Crippen molar-refractivity contribution >= 4 is 5.96 Å². The van der Waals surface area contributed by atoms with E-state index in [0.717, 1.165) is 38.0 Å². The lowest BCUT2D eigenvalue weighted by Crippen LogP contribution is -2.39. The van der Waals surface area contributed by atoms with Crippen LogP contribution in [0.15, 0.2) is 29.3 Å². The van der Waals surface area contributed by atoms with Crippen LogP contribution in [-0.2, 0) is 11.3 Å². The van der Waals surface area contributed by atoms with Crippen molar-refractivity contribution in [1.29, 1.82) is 0 Å². The van der Waals surface area contributed by atoms with Gasteiger partial charge < -0.3 is 19.7 Å². The number of likely N-dealkylation sites (tertiary alicyclic amines) is 1. The molecule has 1 heterocycles. The van der Waals surface area contributed by atoms with Gasteiger partial charge in [0.05, 0.1) is 12.7 Å². The molecule has 1 aliphatic heterocycles. The summed E-state index contributed by atoms with van der Waals surface area (Å²) in [4.78, 5) is 6.76. The Bertz CT molecular complexity index is 567. The molecule has 1 saturated carbocycles. The Morgan fingerprint density at radius 3 is 2.62 bits per heavy atom. The van der Waals surface area contributed by atoms with Crippen LogP contribution < -0.4 is 10.1 Å². The first kappa shape index (κ1) is 19.0. The SMILES string of the molecule is CN=C(NCc1ccc(OC2CCCCC2)cc1)N1CCC(COC)C1. The van der Waals surface area contributed by atoms with Crippen molar-refractivity contribution in [3.63, 3.8) is 0 Å².